The molecule has 0 unspecified atom stereocenters. The van der Waals surface area contributed by atoms with E-state index in [9.17, 15) is 4.79 Å². The van der Waals surface area contributed by atoms with Gasteiger partial charge in [-0.3, -0.25) is 9.48 Å². The predicted octanol–water partition coefficient (Wildman–Crippen LogP) is 1.58. The minimum Gasteiger partial charge on any atom is -0.350 e. The van der Waals surface area contributed by atoms with Crippen molar-refractivity contribution < 1.29 is 4.79 Å². The van der Waals surface area contributed by atoms with E-state index in [4.69, 9.17) is 0 Å². The van der Waals surface area contributed by atoms with Crippen molar-refractivity contribution in [2.45, 2.75) is 46.6 Å². The van der Waals surface area contributed by atoms with E-state index in [1.165, 1.54) is 0 Å². The van der Waals surface area contributed by atoms with Gasteiger partial charge in [-0.05, 0) is 50.8 Å². The quantitative estimate of drug-likeness (QED) is 0.860. The molecule has 20 heavy (non-hydrogen) atoms. The van der Waals surface area contributed by atoms with Crippen LogP contribution in [0.2, 0.25) is 0 Å². The van der Waals surface area contributed by atoms with Crippen LogP contribution in [0.1, 0.15) is 49.8 Å². The van der Waals surface area contributed by atoms with Crippen molar-refractivity contribution in [3.05, 3.63) is 17.5 Å². The van der Waals surface area contributed by atoms with Gasteiger partial charge in [0, 0.05) is 13.1 Å². The number of rotatable bonds is 5. The average molecular weight is 278 g/mol. The van der Waals surface area contributed by atoms with Gasteiger partial charge >= 0.3 is 0 Å². The first-order chi connectivity index (χ1) is 9.58. The van der Waals surface area contributed by atoms with E-state index in [1.807, 2.05) is 13.0 Å². The first-order valence-electron chi connectivity index (χ1n) is 7.63. The minimum absolute atomic E-state index is 0.00110. The Morgan fingerprint density at radius 1 is 1.45 bits per heavy atom. The lowest BCUT2D eigenvalue weighted by atomic mass is 9.81. The highest BCUT2D eigenvalue weighted by Crippen LogP contribution is 2.26. The van der Waals surface area contributed by atoms with Crippen molar-refractivity contribution in [1.82, 2.24) is 20.4 Å². The average Bonchev–Trinajstić information content (AvgIpc) is 2.89. The highest BCUT2D eigenvalue weighted by atomic mass is 16.2. The van der Waals surface area contributed by atoms with Crippen LogP contribution in [0.4, 0.5) is 0 Å². The molecule has 1 aliphatic heterocycles. The van der Waals surface area contributed by atoms with Crippen molar-refractivity contribution in [2.75, 3.05) is 19.6 Å². The molecule has 2 heterocycles. The summed E-state index contributed by atoms with van der Waals surface area (Å²) in [5.74, 6) is -0.00110. The Balaban J connectivity index is 1.99. The molecule has 0 radical (unpaired) electrons. The van der Waals surface area contributed by atoms with Crippen LogP contribution in [-0.2, 0) is 13.0 Å². The largest absolute Gasteiger partial charge is 0.350 e. The lowest BCUT2D eigenvalue weighted by Gasteiger charge is -2.34. The van der Waals surface area contributed by atoms with Crippen LogP contribution in [0.3, 0.4) is 0 Å². The van der Waals surface area contributed by atoms with Gasteiger partial charge in [-0.2, -0.15) is 5.10 Å². The highest BCUT2D eigenvalue weighted by molar-refractivity contribution is 5.92. The molecule has 0 aliphatic carbocycles. The molecule has 5 nitrogen and oxygen atoms in total. The van der Waals surface area contributed by atoms with Crippen molar-refractivity contribution in [3.8, 4) is 0 Å². The van der Waals surface area contributed by atoms with E-state index in [1.54, 1.807) is 4.68 Å². The molecule has 0 aromatic carbocycles. The molecule has 5 heteroatoms. The van der Waals surface area contributed by atoms with Crippen LogP contribution >= 0.6 is 0 Å². The second-order valence-electron chi connectivity index (χ2n) is 5.93. The lowest BCUT2D eigenvalue weighted by molar-refractivity contribution is 0.0911. The van der Waals surface area contributed by atoms with Gasteiger partial charge in [0.2, 0.25) is 0 Å². The zero-order valence-corrected chi connectivity index (χ0v) is 12.8. The van der Waals surface area contributed by atoms with E-state index < -0.39 is 0 Å². The van der Waals surface area contributed by atoms with Crippen molar-refractivity contribution in [1.29, 1.82) is 0 Å². The van der Waals surface area contributed by atoms with E-state index in [-0.39, 0.29) is 11.3 Å². The number of hydrogen-bond acceptors (Lipinski definition) is 3. The molecule has 0 saturated carbocycles. The number of nitrogens with one attached hydrogen (secondary N) is 2. The molecule has 0 atom stereocenters. The number of nitrogens with zero attached hydrogens (tertiary/aromatic N) is 2. The van der Waals surface area contributed by atoms with E-state index >= 15 is 0 Å². The molecule has 112 valence electrons. The fourth-order valence-electron chi connectivity index (χ4n) is 2.66. The van der Waals surface area contributed by atoms with Crippen LogP contribution in [0.5, 0.6) is 0 Å². The number of piperidine rings is 1. The van der Waals surface area contributed by atoms with Crippen LogP contribution in [0.15, 0.2) is 6.07 Å². The Kier molecular flexibility index (Phi) is 4.81. The molecule has 2 N–H and O–H groups in total. The van der Waals surface area contributed by atoms with E-state index in [0.29, 0.717) is 5.69 Å². The summed E-state index contributed by atoms with van der Waals surface area (Å²) in [5, 5.41) is 10.9. The maximum atomic E-state index is 12.4. The van der Waals surface area contributed by atoms with E-state index in [2.05, 4.69) is 29.6 Å². The van der Waals surface area contributed by atoms with Gasteiger partial charge in [0.15, 0.2) is 0 Å². The summed E-state index contributed by atoms with van der Waals surface area (Å²) in [7, 11) is 0. The second kappa shape index (κ2) is 6.39. The Morgan fingerprint density at radius 3 is 2.75 bits per heavy atom. The highest BCUT2D eigenvalue weighted by Gasteiger charge is 2.27. The third-order valence-electron chi connectivity index (χ3n) is 4.21. The molecule has 1 fully saturated rings. The molecule has 1 aliphatic rings. The number of amides is 1. The Hall–Kier alpha value is -1.36. The Bertz CT molecular complexity index is 460. The van der Waals surface area contributed by atoms with E-state index in [0.717, 1.165) is 51.1 Å². The molecule has 0 spiro atoms. The Labute approximate surface area is 121 Å². The summed E-state index contributed by atoms with van der Waals surface area (Å²) in [5.41, 5.74) is 1.87. The number of hydrogen-bond donors (Lipinski definition) is 2. The molecule has 1 saturated heterocycles. The van der Waals surface area contributed by atoms with Crippen LogP contribution in [-0.4, -0.2) is 35.3 Å². The van der Waals surface area contributed by atoms with Gasteiger partial charge in [-0.15, -0.1) is 0 Å². The summed E-state index contributed by atoms with van der Waals surface area (Å²) in [6, 6.07) is 1.91. The molecule has 2 rings (SSSR count). The molecule has 1 amide bonds. The second-order valence-corrected chi connectivity index (χ2v) is 5.93. The lowest BCUT2D eigenvalue weighted by Crippen LogP contribution is -2.43. The predicted molar refractivity (Wildman–Crippen MR) is 79.8 cm³/mol. The molecule has 0 bridgehead atoms. The monoisotopic (exact) mass is 278 g/mol. The van der Waals surface area contributed by atoms with Gasteiger partial charge in [0.1, 0.15) is 5.69 Å². The molecule has 1 aromatic rings. The zero-order valence-electron chi connectivity index (χ0n) is 12.8. The number of carbonyl (C=O) groups is 1. The van der Waals surface area contributed by atoms with Gasteiger partial charge in [0.05, 0.1) is 5.69 Å². The normalized spacial score (nSPS) is 17.9. The van der Waals surface area contributed by atoms with Crippen molar-refractivity contribution >= 4 is 5.91 Å². The fraction of sp³-hybridized carbons (Fsp3) is 0.733. The molecular formula is C15H26N4O. The standard InChI is InChI=1S/C15H26N4O/c1-4-12-10-13(19(5-2)18-12)14(20)17-11-15(3)6-8-16-9-7-15/h10,16H,4-9,11H2,1-3H3,(H,17,20). The first kappa shape index (κ1) is 15.0. The van der Waals surface area contributed by atoms with Gasteiger partial charge in [0.25, 0.3) is 5.91 Å². The summed E-state index contributed by atoms with van der Waals surface area (Å²) in [6.07, 6.45) is 3.08. The molecular weight excluding hydrogens is 252 g/mol. The fourth-order valence-corrected chi connectivity index (χ4v) is 2.66. The maximum Gasteiger partial charge on any atom is 0.269 e. The van der Waals surface area contributed by atoms with Gasteiger partial charge in [-0.1, -0.05) is 13.8 Å². The maximum absolute atomic E-state index is 12.4. The van der Waals surface area contributed by atoms with Crippen LogP contribution in [0, 0.1) is 5.41 Å². The summed E-state index contributed by atoms with van der Waals surface area (Å²) in [4.78, 5) is 12.4. The van der Waals surface area contributed by atoms with Gasteiger partial charge in [-0.25, -0.2) is 0 Å². The van der Waals surface area contributed by atoms with Crippen LogP contribution in [0.25, 0.3) is 0 Å². The minimum atomic E-state index is -0.00110. The van der Waals surface area contributed by atoms with Gasteiger partial charge < -0.3 is 10.6 Å². The van der Waals surface area contributed by atoms with Crippen molar-refractivity contribution in [2.24, 2.45) is 5.41 Å². The van der Waals surface area contributed by atoms with Crippen molar-refractivity contribution in [3.63, 3.8) is 0 Å². The number of aryl methyl sites for hydroxylation is 2. The summed E-state index contributed by atoms with van der Waals surface area (Å²) >= 11 is 0. The topological polar surface area (TPSA) is 59.0 Å². The Morgan fingerprint density at radius 2 is 2.15 bits per heavy atom. The number of carbonyl (C=O) groups excluding carboxylic acids is 1. The zero-order chi connectivity index (χ0) is 14.6. The summed E-state index contributed by atoms with van der Waals surface area (Å²) < 4.78 is 1.79. The number of aromatic nitrogens is 2. The summed E-state index contributed by atoms with van der Waals surface area (Å²) in [6.45, 7) is 9.87. The first-order valence-corrected chi connectivity index (χ1v) is 7.63. The SMILES string of the molecule is CCc1cc(C(=O)NCC2(C)CCNCC2)n(CC)n1. The van der Waals surface area contributed by atoms with Crippen LogP contribution < -0.4 is 10.6 Å². The molecule has 1 aromatic heterocycles. The third kappa shape index (κ3) is 3.39. The third-order valence-corrected chi connectivity index (χ3v) is 4.21. The smallest absolute Gasteiger partial charge is 0.269 e.